The van der Waals surface area contributed by atoms with Crippen molar-refractivity contribution in [1.82, 2.24) is 0 Å². The molecule has 0 bridgehead atoms. The lowest BCUT2D eigenvalue weighted by Crippen LogP contribution is -3.00. The van der Waals surface area contributed by atoms with Crippen LogP contribution in [-0.4, -0.2) is 17.3 Å². The molecule has 0 saturated carbocycles. The molecule has 0 aromatic heterocycles. The van der Waals surface area contributed by atoms with Gasteiger partial charge in [0.2, 0.25) is 0 Å². The fraction of sp³-hybridized carbons (Fsp3) is 1.00. The summed E-state index contributed by atoms with van der Waals surface area (Å²) in [6, 6.07) is 0. The third-order valence-electron chi connectivity index (χ3n) is 8.86. The van der Waals surface area contributed by atoms with Crippen LogP contribution in [0.15, 0.2) is 0 Å². The van der Waals surface area contributed by atoms with Gasteiger partial charge in [-0.15, -0.1) is 0 Å². The summed E-state index contributed by atoms with van der Waals surface area (Å²) in [5.74, 6) is 4.68. The van der Waals surface area contributed by atoms with Crippen LogP contribution < -0.4 is 12.4 Å². The van der Waals surface area contributed by atoms with E-state index in [0.29, 0.717) is 0 Å². The van der Waals surface area contributed by atoms with Gasteiger partial charge in [0, 0.05) is 0 Å². The van der Waals surface area contributed by atoms with Crippen molar-refractivity contribution in [3.8, 4) is 0 Å². The van der Waals surface area contributed by atoms with E-state index in [4.69, 9.17) is 0 Å². The fourth-order valence-corrected chi connectivity index (χ4v) is 8.49. The predicted octanol–water partition coefficient (Wildman–Crippen LogP) is 11.2. The van der Waals surface area contributed by atoms with Crippen molar-refractivity contribution >= 4 is 10.9 Å². The molecule has 0 radical (unpaired) electrons. The maximum Gasteiger partial charge on any atom is 0.108 e. The van der Waals surface area contributed by atoms with Gasteiger partial charge in [0.25, 0.3) is 0 Å². The second-order valence-corrected chi connectivity index (χ2v) is 15.4. The summed E-state index contributed by atoms with van der Waals surface area (Å²) >= 11 is 0. The van der Waals surface area contributed by atoms with Crippen LogP contribution in [0.2, 0.25) is 0 Å². The number of unbranched alkanes of at least 4 members (excludes halogenated alkanes) is 29. The second kappa shape index (κ2) is 39.6. The van der Waals surface area contributed by atoms with Crippen LogP contribution in [0.3, 0.4) is 0 Å². The zero-order chi connectivity index (χ0) is 28.3. The van der Waals surface area contributed by atoms with E-state index in [1.54, 1.807) is 17.3 Å². The highest BCUT2D eigenvalue weighted by molar-refractivity contribution is 7.96. The van der Waals surface area contributed by atoms with E-state index >= 15 is 0 Å². The Bertz CT molecular complexity index is 388. The molecule has 0 unspecified atom stereocenters. The number of hydrogen-bond acceptors (Lipinski definition) is 0. The predicted molar refractivity (Wildman–Crippen MR) is 187 cm³/mol. The van der Waals surface area contributed by atoms with Crippen molar-refractivity contribution in [3.63, 3.8) is 0 Å². The molecule has 0 heterocycles. The van der Waals surface area contributed by atoms with Gasteiger partial charge >= 0.3 is 0 Å². The first kappa shape index (κ1) is 42.8. The van der Waals surface area contributed by atoms with Gasteiger partial charge in [0.05, 0.1) is 0 Å². The van der Waals surface area contributed by atoms with Gasteiger partial charge in [-0.3, -0.25) is 0 Å². The summed E-state index contributed by atoms with van der Waals surface area (Å²) in [4.78, 5) is 0. The molecule has 244 valence electrons. The van der Waals surface area contributed by atoms with Gasteiger partial charge in [0.1, 0.15) is 17.3 Å². The summed E-state index contributed by atoms with van der Waals surface area (Å²) in [7, 11) is 0.736. The Morgan fingerprint density at radius 1 is 0.225 bits per heavy atom. The Morgan fingerprint density at radius 2 is 0.375 bits per heavy atom. The third-order valence-corrected chi connectivity index (χ3v) is 11.5. The van der Waals surface area contributed by atoms with Crippen LogP contribution in [-0.2, 0) is 10.9 Å². The maximum atomic E-state index is 2.32. The quantitative estimate of drug-likeness (QED) is 0.0499. The molecule has 0 aliphatic carbocycles. The van der Waals surface area contributed by atoms with Crippen molar-refractivity contribution < 1.29 is 12.4 Å². The van der Waals surface area contributed by atoms with Crippen molar-refractivity contribution in [2.24, 2.45) is 0 Å². The molecular weight excluding hydrogens is 524 g/mol. The molecule has 40 heavy (non-hydrogen) atoms. The zero-order valence-electron chi connectivity index (χ0n) is 28.5. The van der Waals surface area contributed by atoms with E-state index < -0.39 is 0 Å². The molecule has 0 aliphatic rings. The molecule has 0 aliphatic heterocycles. The first-order valence-corrected chi connectivity index (χ1v) is 20.7. The lowest BCUT2D eigenvalue weighted by Gasteiger charge is -2.10. The van der Waals surface area contributed by atoms with Gasteiger partial charge in [-0.1, -0.05) is 188 Å². The van der Waals surface area contributed by atoms with E-state index in [1.165, 1.54) is 205 Å². The van der Waals surface area contributed by atoms with E-state index in [2.05, 4.69) is 20.8 Å². The smallest absolute Gasteiger partial charge is 0.108 e. The van der Waals surface area contributed by atoms with Crippen molar-refractivity contribution in [2.75, 3.05) is 17.3 Å². The summed E-state index contributed by atoms with van der Waals surface area (Å²) in [5.41, 5.74) is 0. The lowest BCUT2D eigenvalue weighted by molar-refractivity contribution is -0.00000874. The SMILES string of the molecule is CCCCCCCCCCCCCC[S+](CCCCCCCCCCCC)CCCCCCCCCCCC.[Cl-]. The molecule has 0 nitrogen and oxygen atoms in total. The molecule has 0 fully saturated rings. The first-order valence-electron chi connectivity index (χ1n) is 19.0. The molecule has 0 atom stereocenters. The summed E-state index contributed by atoms with van der Waals surface area (Å²) < 4.78 is 0. The summed E-state index contributed by atoms with van der Waals surface area (Å²) in [6.07, 6.45) is 47.3. The summed E-state index contributed by atoms with van der Waals surface area (Å²) in [6.45, 7) is 6.96. The Hall–Kier alpha value is 0.640. The van der Waals surface area contributed by atoms with Gasteiger partial charge in [-0.05, 0) is 49.4 Å². The average Bonchev–Trinajstić information content (AvgIpc) is 2.95. The molecule has 0 rings (SSSR count). The molecular formula is C38H79ClS. The normalized spacial score (nSPS) is 11.4. The van der Waals surface area contributed by atoms with E-state index in [-0.39, 0.29) is 12.4 Å². The minimum absolute atomic E-state index is 0. The van der Waals surface area contributed by atoms with E-state index in [9.17, 15) is 0 Å². The molecule has 0 aromatic carbocycles. The monoisotopic (exact) mass is 603 g/mol. The Morgan fingerprint density at radius 3 is 0.550 bits per heavy atom. The van der Waals surface area contributed by atoms with Gasteiger partial charge in [-0.25, -0.2) is 0 Å². The van der Waals surface area contributed by atoms with Crippen LogP contribution in [0, 0.1) is 0 Å². The van der Waals surface area contributed by atoms with E-state index in [0.717, 1.165) is 10.9 Å². The second-order valence-electron chi connectivity index (χ2n) is 13.0. The van der Waals surface area contributed by atoms with Crippen LogP contribution in [0.25, 0.3) is 0 Å². The maximum absolute atomic E-state index is 2.32. The number of rotatable bonds is 35. The Labute approximate surface area is 265 Å². The first-order chi connectivity index (χ1) is 19.3. The Kier molecular flexibility index (Phi) is 42.4. The van der Waals surface area contributed by atoms with Crippen molar-refractivity contribution in [3.05, 3.63) is 0 Å². The molecule has 0 spiro atoms. The minimum Gasteiger partial charge on any atom is -1.00 e. The number of halogens is 1. The van der Waals surface area contributed by atoms with E-state index in [1.807, 2.05) is 0 Å². The number of hydrogen-bond donors (Lipinski definition) is 0. The van der Waals surface area contributed by atoms with Gasteiger partial charge in [0.15, 0.2) is 0 Å². The highest BCUT2D eigenvalue weighted by Crippen LogP contribution is 2.17. The standard InChI is InChI=1S/C38H79S.ClH/c1-4-7-10-13-16-19-22-23-26-29-32-35-38-39(36-33-30-27-24-20-17-14-11-8-5-2)37-34-31-28-25-21-18-15-12-9-6-3;/h4-38H2,1-3H3;1H/q+1;/p-1. The largest absolute Gasteiger partial charge is 1.00 e. The highest BCUT2D eigenvalue weighted by Gasteiger charge is 2.16. The van der Waals surface area contributed by atoms with Gasteiger partial charge in [-0.2, -0.15) is 0 Å². The highest BCUT2D eigenvalue weighted by atomic mass is 35.5. The van der Waals surface area contributed by atoms with Crippen LogP contribution in [0.4, 0.5) is 0 Å². The molecule has 0 N–H and O–H groups in total. The average molecular weight is 604 g/mol. The minimum atomic E-state index is 0. The van der Waals surface area contributed by atoms with Crippen molar-refractivity contribution in [2.45, 2.75) is 226 Å². The molecule has 0 saturated heterocycles. The topological polar surface area (TPSA) is 0 Å². The van der Waals surface area contributed by atoms with Crippen LogP contribution >= 0.6 is 0 Å². The summed E-state index contributed by atoms with van der Waals surface area (Å²) in [5, 5.41) is 0. The van der Waals surface area contributed by atoms with Crippen LogP contribution in [0.5, 0.6) is 0 Å². The lowest BCUT2D eigenvalue weighted by atomic mass is 10.1. The van der Waals surface area contributed by atoms with Crippen LogP contribution in [0.1, 0.15) is 226 Å². The molecule has 0 amide bonds. The molecule has 2 heteroatoms. The molecule has 0 aromatic rings. The fourth-order valence-electron chi connectivity index (χ4n) is 6.04. The van der Waals surface area contributed by atoms with Gasteiger partial charge < -0.3 is 12.4 Å². The Balaban J connectivity index is 0. The zero-order valence-corrected chi connectivity index (χ0v) is 30.1. The third kappa shape index (κ3) is 36.7. The van der Waals surface area contributed by atoms with Crippen molar-refractivity contribution in [1.29, 1.82) is 0 Å².